The van der Waals surface area contributed by atoms with Crippen molar-refractivity contribution >= 4 is 5.91 Å². The van der Waals surface area contributed by atoms with E-state index in [2.05, 4.69) is 25.0 Å². The molecule has 0 spiro atoms. The van der Waals surface area contributed by atoms with E-state index in [1.807, 2.05) is 0 Å². The van der Waals surface area contributed by atoms with Crippen LogP contribution < -0.4 is 10.1 Å². The molecule has 9 heteroatoms. The Hall–Kier alpha value is -2.71. The monoisotopic (exact) mass is 312 g/mol. The van der Waals surface area contributed by atoms with Crippen molar-refractivity contribution in [2.24, 2.45) is 0 Å². The zero-order chi connectivity index (χ0) is 16.0. The smallest absolute Gasteiger partial charge is 0.422 e. The van der Waals surface area contributed by atoms with Crippen molar-refractivity contribution in [2.45, 2.75) is 12.7 Å². The SMILES string of the molecule is O=C(NCc1ccc(OCC(F)(F)F)nc1)c1cnccn1. The molecule has 0 aliphatic rings. The molecule has 2 heterocycles. The minimum absolute atomic E-state index is 0.138. The number of amides is 1. The largest absolute Gasteiger partial charge is 0.468 e. The van der Waals surface area contributed by atoms with Gasteiger partial charge in [0.15, 0.2) is 6.61 Å². The van der Waals surface area contributed by atoms with Gasteiger partial charge in [-0.25, -0.2) is 9.97 Å². The molecule has 6 nitrogen and oxygen atoms in total. The first-order valence-electron chi connectivity index (χ1n) is 6.13. The van der Waals surface area contributed by atoms with Crippen LogP contribution in [0, 0.1) is 0 Å². The molecule has 1 amide bonds. The van der Waals surface area contributed by atoms with E-state index in [9.17, 15) is 18.0 Å². The summed E-state index contributed by atoms with van der Waals surface area (Å²) in [5.74, 6) is -0.549. The van der Waals surface area contributed by atoms with Crippen LogP contribution in [0.25, 0.3) is 0 Å². The number of nitrogens with one attached hydrogen (secondary N) is 1. The molecule has 0 aliphatic carbocycles. The van der Waals surface area contributed by atoms with E-state index in [0.717, 1.165) is 0 Å². The van der Waals surface area contributed by atoms with Gasteiger partial charge in [-0.2, -0.15) is 13.2 Å². The van der Waals surface area contributed by atoms with Crippen LogP contribution in [-0.4, -0.2) is 33.6 Å². The third-order valence-corrected chi connectivity index (χ3v) is 2.43. The molecule has 0 aliphatic heterocycles. The summed E-state index contributed by atoms with van der Waals surface area (Å²) in [6, 6.07) is 2.81. The molecule has 0 fully saturated rings. The van der Waals surface area contributed by atoms with Crippen LogP contribution >= 0.6 is 0 Å². The Morgan fingerprint density at radius 2 is 2.00 bits per heavy atom. The molecule has 2 aromatic rings. The molecule has 0 aromatic carbocycles. The first-order valence-corrected chi connectivity index (χ1v) is 6.13. The average molecular weight is 312 g/mol. The van der Waals surface area contributed by atoms with Gasteiger partial charge in [0, 0.05) is 31.2 Å². The highest BCUT2D eigenvalue weighted by Crippen LogP contribution is 2.16. The molecule has 0 atom stereocenters. The van der Waals surface area contributed by atoms with Crippen molar-refractivity contribution in [3.8, 4) is 5.88 Å². The number of carbonyl (C=O) groups is 1. The number of nitrogens with zero attached hydrogens (tertiary/aromatic N) is 3. The normalized spacial score (nSPS) is 11.0. The van der Waals surface area contributed by atoms with E-state index in [1.165, 1.54) is 36.9 Å². The number of hydrogen-bond donors (Lipinski definition) is 1. The fourth-order valence-corrected chi connectivity index (χ4v) is 1.45. The lowest BCUT2D eigenvalue weighted by atomic mass is 10.3. The molecule has 2 aromatic heterocycles. The minimum atomic E-state index is -4.41. The number of ether oxygens (including phenoxy) is 1. The van der Waals surface area contributed by atoms with Gasteiger partial charge < -0.3 is 10.1 Å². The van der Waals surface area contributed by atoms with Gasteiger partial charge in [-0.3, -0.25) is 9.78 Å². The summed E-state index contributed by atoms with van der Waals surface area (Å²) in [5, 5.41) is 2.59. The first-order chi connectivity index (χ1) is 10.4. The van der Waals surface area contributed by atoms with Crippen LogP contribution in [0.4, 0.5) is 13.2 Å². The Balaban J connectivity index is 1.85. The predicted molar refractivity (Wildman–Crippen MR) is 69.0 cm³/mol. The van der Waals surface area contributed by atoms with E-state index in [4.69, 9.17) is 0 Å². The fraction of sp³-hybridized carbons (Fsp3) is 0.231. The lowest BCUT2D eigenvalue weighted by Gasteiger charge is -2.09. The number of carbonyl (C=O) groups excluding carboxylic acids is 1. The number of halogens is 3. The maximum atomic E-state index is 12.0. The second kappa shape index (κ2) is 6.83. The molecule has 0 radical (unpaired) electrons. The zero-order valence-corrected chi connectivity index (χ0v) is 11.2. The van der Waals surface area contributed by atoms with Crippen LogP contribution in [0.5, 0.6) is 5.88 Å². The van der Waals surface area contributed by atoms with E-state index >= 15 is 0 Å². The highest BCUT2D eigenvalue weighted by Gasteiger charge is 2.28. The Morgan fingerprint density at radius 3 is 2.59 bits per heavy atom. The average Bonchev–Trinajstić information content (AvgIpc) is 2.52. The van der Waals surface area contributed by atoms with Crippen molar-refractivity contribution < 1.29 is 22.7 Å². The number of pyridine rings is 1. The van der Waals surface area contributed by atoms with Crippen LogP contribution in [0.1, 0.15) is 16.1 Å². The topological polar surface area (TPSA) is 77.0 Å². The standard InChI is InChI=1S/C13H11F3N4O2/c14-13(15,16)8-22-11-2-1-9(5-19-11)6-20-12(21)10-7-17-3-4-18-10/h1-5,7H,6,8H2,(H,20,21). The first kappa shape index (κ1) is 15.7. The Morgan fingerprint density at radius 1 is 1.18 bits per heavy atom. The Kier molecular flexibility index (Phi) is 4.87. The number of rotatable bonds is 5. The molecule has 0 unspecified atom stereocenters. The maximum Gasteiger partial charge on any atom is 0.422 e. The predicted octanol–water partition coefficient (Wildman–Crippen LogP) is 1.74. The van der Waals surface area contributed by atoms with Gasteiger partial charge in [0.25, 0.3) is 5.91 Å². The van der Waals surface area contributed by atoms with Crippen molar-refractivity contribution in [3.63, 3.8) is 0 Å². The molecular weight excluding hydrogens is 301 g/mol. The minimum Gasteiger partial charge on any atom is -0.468 e. The molecule has 116 valence electrons. The summed E-state index contributed by atoms with van der Waals surface area (Å²) in [4.78, 5) is 23.0. The number of aromatic nitrogens is 3. The van der Waals surface area contributed by atoms with Crippen LogP contribution in [-0.2, 0) is 6.54 Å². The van der Waals surface area contributed by atoms with E-state index < -0.39 is 18.7 Å². The summed E-state index contributed by atoms with van der Waals surface area (Å²) in [5.41, 5.74) is 0.775. The second-order valence-corrected chi connectivity index (χ2v) is 4.18. The van der Waals surface area contributed by atoms with Crippen LogP contribution in [0.3, 0.4) is 0 Å². The summed E-state index contributed by atoms with van der Waals surface area (Å²) in [7, 11) is 0. The summed E-state index contributed by atoms with van der Waals surface area (Å²) in [6.45, 7) is -1.25. The molecule has 0 saturated heterocycles. The molecule has 0 bridgehead atoms. The van der Waals surface area contributed by atoms with Gasteiger partial charge in [-0.05, 0) is 5.56 Å². The van der Waals surface area contributed by atoms with E-state index in [-0.39, 0.29) is 18.1 Å². The number of hydrogen-bond acceptors (Lipinski definition) is 5. The highest BCUT2D eigenvalue weighted by molar-refractivity contribution is 5.91. The second-order valence-electron chi connectivity index (χ2n) is 4.18. The maximum absolute atomic E-state index is 12.0. The Labute approximate surface area is 123 Å². The molecule has 1 N–H and O–H groups in total. The van der Waals surface area contributed by atoms with Gasteiger partial charge in [0.1, 0.15) is 5.69 Å². The van der Waals surface area contributed by atoms with Crippen molar-refractivity contribution in [3.05, 3.63) is 48.2 Å². The summed E-state index contributed by atoms with van der Waals surface area (Å²) < 4.78 is 40.4. The van der Waals surface area contributed by atoms with E-state index in [0.29, 0.717) is 5.56 Å². The van der Waals surface area contributed by atoms with Gasteiger partial charge >= 0.3 is 6.18 Å². The summed E-state index contributed by atoms with van der Waals surface area (Å²) in [6.07, 6.45) is 1.07. The Bertz CT molecular complexity index is 617. The van der Waals surface area contributed by atoms with Crippen LogP contribution in [0.2, 0.25) is 0 Å². The van der Waals surface area contributed by atoms with Gasteiger partial charge in [-0.1, -0.05) is 6.07 Å². The zero-order valence-electron chi connectivity index (χ0n) is 11.2. The molecule has 22 heavy (non-hydrogen) atoms. The van der Waals surface area contributed by atoms with Gasteiger partial charge in [0.2, 0.25) is 5.88 Å². The van der Waals surface area contributed by atoms with Crippen molar-refractivity contribution in [1.29, 1.82) is 0 Å². The third-order valence-electron chi connectivity index (χ3n) is 2.43. The lowest BCUT2D eigenvalue weighted by Crippen LogP contribution is -2.24. The molecular formula is C13H11F3N4O2. The van der Waals surface area contributed by atoms with Crippen molar-refractivity contribution in [1.82, 2.24) is 20.3 Å². The lowest BCUT2D eigenvalue weighted by molar-refractivity contribution is -0.154. The van der Waals surface area contributed by atoms with Gasteiger partial charge in [-0.15, -0.1) is 0 Å². The van der Waals surface area contributed by atoms with Crippen LogP contribution in [0.15, 0.2) is 36.9 Å². The van der Waals surface area contributed by atoms with E-state index in [1.54, 1.807) is 0 Å². The highest BCUT2D eigenvalue weighted by atomic mass is 19.4. The van der Waals surface area contributed by atoms with Gasteiger partial charge in [0.05, 0.1) is 6.20 Å². The number of alkyl halides is 3. The quantitative estimate of drug-likeness (QED) is 0.910. The molecule has 2 rings (SSSR count). The van der Waals surface area contributed by atoms with Crippen molar-refractivity contribution in [2.75, 3.05) is 6.61 Å². The molecule has 0 saturated carbocycles. The summed E-state index contributed by atoms with van der Waals surface area (Å²) >= 11 is 0. The fourth-order valence-electron chi connectivity index (χ4n) is 1.45. The third kappa shape index (κ3) is 5.00.